The van der Waals surface area contributed by atoms with Gasteiger partial charge in [-0.3, -0.25) is 9.59 Å². The SMILES string of the molecule is CC.COCCC1(c2ccc(Nc3nc(-c4c(F)cccc4F)nc4c3C(=O)N(Cc3ccc(OC)cc3OC)C4)cc2)CCNC1=O. The molecule has 1 fully saturated rings. The average molecular weight is 660 g/mol. The number of hydrogen-bond acceptors (Lipinski definition) is 8. The van der Waals surface area contributed by atoms with Crippen LogP contribution >= 0.6 is 0 Å². The molecule has 252 valence electrons. The minimum Gasteiger partial charge on any atom is -0.497 e. The van der Waals surface area contributed by atoms with Crippen molar-refractivity contribution in [1.82, 2.24) is 20.2 Å². The van der Waals surface area contributed by atoms with Crippen LogP contribution < -0.4 is 20.1 Å². The first-order valence-corrected chi connectivity index (χ1v) is 15.8. The molecule has 1 aromatic heterocycles. The molecule has 10 nitrogen and oxygen atoms in total. The Morgan fingerprint density at radius 3 is 2.29 bits per heavy atom. The molecule has 1 saturated heterocycles. The first kappa shape index (κ1) is 34.2. The highest BCUT2D eigenvalue weighted by atomic mass is 19.1. The van der Waals surface area contributed by atoms with Crippen LogP contribution in [0.1, 0.15) is 53.9 Å². The molecule has 0 spiro atoms. The van der Waals surface area contributed by atoms with Gasteiger partial charge in [0.25, 0.3) is 5.91 Å². The molecule has 1 atom stereocenters. The van der Waals surface area contributed by atoms with Crippen LogP contribution in [0.3, 0.4) is 0 Å². The Hall–Kier alpha value is -5.10. The Morgan fingerprint density at radius 1 is 0.938 bits per heavy atom. The monoisotopic (exact) mass is 659 g/mol. The van der Waals surface area contributed by atoms with Crippen molar-refractivity contribution in [3.63, 3.8) is 0 Å². The highest BCUT2D eigenvalue weighted by Gasteiger charge is 2.43. The van der Waals surface area contributed by atoms with Gasteiger partial charge in [-0.25, -0.2) is 18.7 Å². The van der Waals surface area contributed by atoms with Crippen molar-refractivity contribution in [2.45, 2.75) is 45.2 Å². The van der Waals surface area contributed by atoms with Gasteiger partial charge in [0.2, 0.25) is 5.91 Å². The van der Waals surface area contributed by atoms with Crippen molar-refractivity contribution < 1.29 is 32.6 Å². The van der Waals surface area contributed by atoms with Gasteiger partial charge in [-0.05, 0) is 54.8 Å². The molecule has 0 saturated carbocycles. The number of amides is 2. The summed E-state index contributed by atoms with van der Waals surface area (Å²) in [6, 6.07) is 16.1. The van der Waals surface area contributed by atoms with E-state index in [0.29, 0.717) is 48.9 Å². The lowest BCUT2D eigenvalue weighted by Gasteiger charge is -2.26. The van der Waals surface area contributed by atoms with E-state index >= 15 is 0 Å². The van der Waals surface area contributed by atoms with Crippen molar-refractivity contribution in [3.05, 3.63) is 94.7 Å². The molecule has 6 rings (SSSR count). The molecule has 2 N–H and O–H groups in total. The predicted octanol–water partition coefficient (Wildman–Crippen LogP) is 6.16. The van der Waals surface area contributed by atoms with Gasteiger partial charge in [-0.1, -0.05) is 32.0 Å². The quantitative estimate of drug-likeness (QED) is 0.197. The van der Waals surface area contributed by atoms with Gasteiger partial charge in [0.15, 0.2) is 5.82 Å². The summed E-state index contributed by atoms with van der Waals surface area (Å²) in [5.41, 5.74) is 1.56. The number of nitrogens with one attached hydrogen (secondary N) is 2. The topological polar surface area (TPSA) is 115 Å². The molecule has 3 aromatic carbocycles. The highest BCUT2D eigenvalue weighted by molar-refractivity contribution is 6.03. The molecule has 4 aromatic rings. The number of rotatable bonds is 11. The highest BCUT2D eigenvalue weighted by Crippen LogP contribution is 2.38. The van der Waals surface area contributed by atoms with Gasteiger partial charge >= 0.3 is 0 Å². The van der Waals surface area contributed by atoms with Gasteiger partial charge < -0.3 is 29.7 Å². The van der Waals surface area contributed by atoms with E-state index in [4.69, 9.17) is 14.2 Å². The smallest absolute Gasteiger partial charge is 0.260 e. The number of nitrogens with zero attached hydrogens (tertiary/aromatic N) is 3. The standard InChI is InChI=1S/C34H33F2N5O5.C2H6/c1-44-16-14-34(13-15-37-33(34)43)21-8-10-22(11-9-21)38-31-29-26(39-30(40-31)28-24(35)5-4-6-25(28)36)19-41(32(29)42)18-20-7-12-23(45-2)17-27(20)46-3;1-2/h4-12,17H,13-16,18-19H2,1-3H3,(H,37,43)(H,38,39,40);1-2H3. The Kier molecular flexibility index (Phi) is 10.5. The molecule has 0 aliphatic carbocycles. The van der Waals surface area contributed by atoms with Crippen LogP contribution in [0.25, 0.3) is 11.4 Å². The second-order valence-electron chi connectivity index (χ2n) is 11.2. The molecule has 2 amide bonds. The summed E-state index contributed by atoms with van der Waals surface area (Å²) in [6.07, 6.45) is 1.17. The van der Waals surface area contributed by atoms with Crippen molar-refractivity contribution in [2.75, 3.05) is 39.8 Å². The van der Waals surface area contributed by atoms with Crippen LogP contribution in [-0.4, -0.2) is 61.2 Å². The Morgan fingerprint density at radius 2 is 1.67 bits per heavy atom. The third-order valence-electron chi connectivity index (χ3n) is 8.57. The molecule has 0 radical (unpaired) electrons. The number of ether oxygens (including phenoxy) is 3. The van der Waals surface area contributed by atoms with Crippen LogP contribution in [0, 0.1) is 11.6 Å². The minimum atomic E-state index is -0.824. The van der Waals surface area contributed by atoms with Gasteiger partial charge in [0.1, 0.15) is 34.5 Å². The number of hydrogen-bond donors (Lipinski definition) is 2. The number of benzene rings is 3. The lowest BCUT2D eigenvalue weighted by molar-refractivity contribution is -0.124. The zero-order valence-corrected chi connectivity index (χ0v) is 27.7. The van der Waals surface area contributed by atoms with E-state index in [-0.39, 0.29) is 42.1 Å². The van der Waals surface area contributed by atoms with E-state index in [9.17, 15) is 18.4 Å². The Bertz CT molecular complexity index is 1780. The van der Waals surface area contributed by atoms with E-state index in [0.717, 1.165) is 23.3 Å². The maximum atomic E-state index is 14.9. The summed E-state index contributed by atoms with van der Waals surface area (Å²) in [5.74, 6) is -0.978. The number of halogens is 2. The van der Waals surface area contributed by atoms with Gasteiger partial charge in [0, 0.05) is 37.6 Å². The Balaban J connectivity index is 0.00000221. The number of anilines is 2. The second kappa shape index (κ2) is 14.8. The van der Waals surface area contributed by atoms with E-state index < -0.39 is 22.6 Å². The van der Waals surface area contributed by atoms with Crippen LogP contribution in [-0.2, 0) is 28.0 Å². The normalized spacial score (nSPS) is 16.6. The summed E-state index contributed by atoms with van der Waals surface area (Å²) in [6.45, 7) is 5.27. The third kappa shape index (κ3) is 6.52. The zero-order valence-electron chi connectivity index (χ0n) is 27.7. The Labute approximate surface area is 278 Å². The molecule has 3 heterocycles. The van der Waals surface area contributed by atoms with Gasteiger partial charge in [-0.15, -0.1) is 0 Å². The summed E-state index contributed by atoms with van der Waals surface area (Å²) < 4.78 is 45.9. The summed E-state index contributed by atoms with van der Waals surface area (Å²) >= 11 is 0. The molecule has 2 aliphatic rings. The van der Waals surface area contributed by atoms with E-state index in [1.165, 1.54) is 13.2 Å². The maximum Gasteiger partial charge on any atom is 0.260 e. The molecular formula is C36H39F2N5O5. The fourth-order valence-corrected chi connectivity index (χ4v) is 6.10. The predicted molar refractivity (Wildman–Crippen MR) is 177 cm³/mol. The van der Waals surface area contributed by atoms with Crippen molar-refractivity contribution in [3.8, 4) is 22.9 Å². The first-order chi connectivity index (χ1) is 23.3. The van der Waals surface area contributed by atoms with Crippen LogP contribution in [0.5, 0.6) is 11.5 Å². The zero-order chi connectivity index (χ0) is 34.4. The molecule has 0 bridgehead atoms. The van der Waals surface area contributed by atoms with Crippen LogP contribution in [0.2, 0.25) is 0 Å². The average Bonchev–Trinajstić information content (AvgIpc) is 3.63. The van der Waals surface area contributed by atoms with E-state index in [2.05, 4.69) is 20.6 Å². The van der Waals surface area contributed by atoms with Crippen molar-refractivity contribution >= 4 is 23.3 Å². The molecule has 2 aliphatic heterocycles. The number of fused-ring (bicyclic) bond motifs is 1. The van der Waals surface area contributed by atoms with E-state index in [1.54, 1.807) is 43.4 Å². The number of methoxy groups -OCH3 is 3. The molecular weight excluding hydrogens is 620 g/mol. The lowest BCUT2D eigenvalue weighted by atomic mass is 9.76. The largest absolute Gasteiger partial charge is 0.497 e. The number of carbonyl (C=O) groups is 2. The fourth-order valence-electron chi connectivity index (χ4n) is 6.10. The van der Waals surface area contributed by atoms with Crippen molar-refractivity contribution in [1.29, 1.82) is 0 Å². The number of aromatic nitrogens is 2. The van der Waals surface area contributed by atoms with Gasteiger partial charge in [-0.2, -0.15) is 0 Å². The van der Waals surface area contributed by atoms with Crippen LogP contribution in [0.4, 0.5) is 20.3 Å². The molecule has 1 unspecified atom stereocenters. The minimum absolute atomic E-state index is 0.0467. The maximum absolute atomic E-state index is 14.9. The van der Waals surface area contributed by atoms with Crippen molar-refractivity contribution in [2.24, 2.45) is 0 Å². The van der Waals surface area contributed by atoms with E-state index in [1.807, 2.05) is 32.0 Å². The van der Waals surface area contributed by atoms with Gasteiger partial charge in [0.05, 0.1) is 44.0 Å². The molecule has 48 heavy (non-hydrogen) atoms. The summed E-state index contributed by atoms with van der Waals surface area (Å²) in [5, 5.41) is 6.11. The number of carbonyl (C=O) groups excluding carboxylic acids is 2. The second-order valence-corrected chi connectivity index (χ2v) is 11.2. The first-order valence-electron chi connectivity index (χ1n) is 15.8. The summed E-state index contributed by atoms with van der Waals surface area (Å²) in [4.78, 5) is 37.3. The van der Waals surface area contributed by atoms with Crippen LogP contribution in [0.15, 0.2) is 60.7 Å². The fraction of sp³-hybridized carbons (Fsp3) is 0.333. The summed E-state index contributed by atoms with van der Waals surface area (Å²) in [7, 11) is 4.69. The third-order valence-corrected chi connectivity index (χ3v) is 8.57. The lowest BCUT2D eigenvalue weighted by Crippen LogP contribution is -2.36. The molecule has 12 heteroatoms.